The Hall–Kier alpha value is -3.60. The van der Waals surface area contributed by atoms with Crippen LogP contribution in [0.25, 0.3) is 0 Å². The summed E-state index contributed by atoms with van der Waals surface area (Å²) >= 11 is 0. The lowest BCUT2D eigenvalue weighted by molar-refractivity contribution is 0.0987. The fourth-order valence-corrected chi connectivity index (χ4v) is 3.17. The third-order valence-electron chi connectivity index (χ3n) is 4.88. The van der Waals surface area contributed by atoms with Crippen LogP contribution in [-0.2, 0) is 0 Å². The maximum Gasteiger partial charge on any atom is 0.258 e. The molecule has 0 bridgehead atoms. The molecule has 0 radical (unpaired) electrons. The van der Waals surface area contributed by atoms with E-state index in [0.29, 0.717) is 35.7 Å². The first-order valence-corrected chi connectivity index (χ1v) is 10.6. The number of ether oxygens (including phenoxy) is 1. The quantitative estimate of drug-likeness (QED) is 0.450. The Kier molecular flexibility index (Phi) is 7.82. The second-order valence-corrected chi connectivity index (χ2v) is 7.15. The van der Waals surface area contributed by atoms with Crippen LogP contribution in [0, 0.1) is 0 Å². The molecule has 2 amide bonds. The highest BCUT2D eigenvalue weighted by Crippen LogP contribution is 2.19. The number of rotatable bonds is 9. The molecular weight excluding hydrogens is 388 g/mol. The van der Waals surface area contributed by atoms with Gasteiger partial charge in [0.05, 0.1) is 6.61 Å². The smallest absolute Gasteiger partial charge is 0.258 e. The monoisotopic (exact) mass is 416 g/mol. The summed E-state index contributed by atoms with van der Waals surface area (Å²) < 4.78 is 5.68. The van der Waals surface area contributed by atoms with Gasteiger partial charge in [-0.15, -0.1) is 0 Å². The molecule has 3 rings (SSSR count). The Morgan fingerprint density at radius 3 is 2.29 bits per heavy atom. The number of carbonyl (C=O) groups excluding carboxylic acids is 2. The van der Waals surface area contributed by atoms with Gasteiger partial charge in [0.15, 0.2) is 0 Å². The lowest BCUT2D eigenvalue weighted by Crippen LogP contribution is -2.30. The van der Waals surface area contributed by atoms with Gasteiger partial charge in [-0.05, 0) is 67.9 Å². The van der Waals surface area contributed by atoms with Crippen LogP contribution in [0.4, 0.5) is 11.4 Å². The summed E-state index contributed by atoms with van der Waals surface area (Å²) in [5.41, 5.74) is 2.57. The molecule has 5 nitrogen and oxygen atoms in total. The second kappa shape index (κ2) is 11.0. The minimum absolute atomic E-state index is 0.0801. The van der Waals surface area contributed by atoms with Crippen LogP contribution in [0.1, 0.15) is 47.4 Å². The van der Waals surface area contributed by atoms with Crippen molar-refractivity contribution in [3.05, 3.63) is 90.0 Å². The van der Waals surface area contributed by atoms with E-state index in [-0.39, 0.29) is 11.8 Å². The van der Waals surface area contributed by atoms with Crippen molar-refractivity contribution in [3.8, 4) is 5.75 Å². The third-order valence-corrected chi connectivity index (χ3v) is 4.88. The van der Waals surface area contributed by atoms with Gasteiger partial charge in [-0.2, -0.15) is 0 Å². The topological polar surface area (TPSA) is 58.6 Å². The molecule has 0 spiro atoms. The van der Waals surface area contributed by atoms with E-state index in [4.69, 9.17) is 4.74 Å². The van der Waals surface area contributed by atoms with Gasteiger partial charge in [-0.25, -0.2) is 0 Å². The van der Waals surface area contributed by atoms with E-state index in [1.807, 2.05) is 43.3 Å². The Balaban J connectivity index is 1.66. The van der Waals surface area contributed by atoms with Crippen molar-refractivity contribution in [2.24, 2.45) is 0 Å². The van der Waals surface area contributed by atoms with E-state index in [1.54, 1.807) is 47.4 Å². The number of nitrogens with zero attached hydrogens (tertiary/aromatic N) is 1. The molecule has 3 aromatic rings. The largest absolute Gasteiger partial charge is 0.494 e. The first-order valence-electron chi connectivity index (χ1n) is 10.6. The molecule has 5 heteroatoms. The number of amides is 2. The van der Waals surface area contributed by atoms with E-state index in [9.17, 15) is 9.59 Å². The Morgan fingerprint density at radius 1 is 0.871 bits per heavy atom. The minimum atomic E-state index is -0.223. The summed E-state index contributed by atoms with van der Waals surface area (Å²) in [6.07, 6.45) is 2.03. The summed E-state index contributed by atoms with van der Waals surface area (Å²) in [7, 11) is 0. The summed E-state index contributed by atoms with van der Waals surface area (Å²) in [5.74, 6) is 0.380. The predicted octanol–water partition coefficient (Wildman–Crippen LogP) is 5.78. The number of benzene rings is 3. The molecule has 0 atom stereocenters. The van der Waals surface area contributed by atoms with Gasteiger partial charge in [-0.3, -0.25) is 9.59 Å². The van der Waals surface area contributed by atoms with Crippen molar-refractivity contribution in [1.29, 1.82) is 0 Å². The van der Waals surface area contributed by atoms with Crippen LogP contribution >= 0.6 is 0 Å². The Labute approximate surface area is 183 Å². The number of para-hydroxylation sites is 1. The molecule has 1 N–H and O–H groups in total. The zero-order valence-corrected chi connectivity index (χ0v) is 18.0. The molecule has 0 aromatic heterocycles. The van der Waals surface area contributed by atoms with E-state index >= 15 is 0 Å². The van der Waals surface area contributed by atoms with Crippen molar-refractivity contribution in [1.82, 2.24) is 0 Å². The zero-order valence-electron chi connectivity index (χ0n) is 18.0. The summed E-state index contributed by atoms with van der Waals surface area (Å²) in [5, 5.41) is 2.87. The number of hydrogen-bond donors (Lipinski definition) is 1. The van der Waals surface area contributed by atoms with Gasteiger partial charge < -0.3 is 15.0 Å². The highest BCUT2D eigenvalue weighted by Gasteiger charge is 2.16. The molecule has 0 aliphatic carbocycles. The summed E-state index contributed by atoms with van der Waals surface area (Å²) in [6.45, 7) is 5.25. The summed E-state index contributed by atoms with van der Waals surface area (Å²) in [6, 6.07) is 23.7. The van der Waals surface area contributed by atoms with Crippen molar-refractivity contribution >= 4 is 23.2 Å². The van der Waals surface area contributed by atoms with Gasteiger partial charge in [0.25, 0.3) is 11.8 Å². The fraction of sp³-hybridized carbons (Fsp3) is 0.231. The summed E-state index contributed by atoms with van der Waals surface area (Å²) in [4.78, 5) is 27.2. The number of anilines is 2. The van der Waals surface area contributed by atoms with E-state index in [0.717, 1.165) is 18.5 Å². The van der Waals surface area contributed by atoms with Crippen molar-refractivity contribution < 1.29 is 14.3 Å². The van der Waals surface area contributed by atoms with E-state index < -0.39 is 0 Å². The molecule has 0 saturated carbocycles. The van der Waals surface area contributed by atoms with Gasteiger partial charge in [0.2, 0.25) is 0 Å². The molecule has 3 aromatic carbocycles. The zero-order chi connectivity index (χ0) is 22.1. The second-order valence-electron chi connectivity index (χ2n) is 7.15. The van der Waals surface area contributed by atoms with Crippen LogP contribution in [0.15, 0.2) is 78.9 Å². The average molecular weight is 417 g/mol. The SMILES string of the molecule is CCCCOc1cccc(C(=O)Nc2ccc(C(=O)N(CC)c3ccccc3)cc2)c1. The molecule has 0 fully saturated rings. The molecule has 0 aliphatic rings. The van der Waals surface area contributed by atoms with Gasteiger partial charge in [0.1, 0.15) is 5.75 Å². The van der Waals surface area contributed by atoms with Crippen LogP contribution in [0.3, 0.4) is 0 Å². The standard InChI is InChI=1S/C26H28N2O3/c1-3-5-18-31-24-13-9-10-21(19-24)25(29)27-22-16-14-20(15-17-22)26(30)28(4-2)23-11-7-6-8-12-23/h6-17,19H,3-5,18H2,1-2H3,(H,27,29). The van der Waals surface area contributed by atoms with Crippen molar-refractivity contribution in [2.75, 3.05) is 23.4 Å². The first kappa shape index (κ1) is 22.1. The lowest BCUT2D eigenvalue weighted by Gasteiger charge is -2.21. The lowest BCUT2D eigenvalue weighted by atomic mass is 10.1. The number of carbonyl (C=O) groups is 2. The van der Waals surface area contributed by atoms with Gasteiger partial charge in [-0.1, -0.05) is 37.6 Å². The minimum Gasteiger partial charge on any atom is -0.494 e. The molecule has 0 saturated heterocycles. The Bertz CT molecular complexity index is 1000. The molecular formula is C26H28N2O3. The molecule has 0 unspecified atom stereocenters. The van der Waals surface area contributed by atoms with E-state index in [2.05, 4.69) is 12.2 Å². The predicted molar refractivity (Wildman–Crippen MR) is 125 cm³/mol. The average Bonchev–Trinajstić information content (AvgIpc) is 2.81. The highest BCUT2D eigenvalue weighted by molar-refractivity contribution is 6.07. The Morgan fingerprint density at radius 2 is 1.61 bits per heavy atom. The maximum absolute atomic E-state index is 12.9. The van der Waals surface area contributed by atoms with E-state index in [1.165, 1.54) is 0 Å². The molecule has 160 valence electrons. The van der Waals surface area contributed by atoms with Gasteiger partial charge in [0, 0.05) is 29.0 Å². The third kappa shape index (κ3) is 5.95. The van der Waals surface area contributed by atoms with Gasteiger partial charge >= 0.3 is 0 Å². The normalized spacial score (nSPS) is 10.4. The number of unbranched alkanes of at least 4 members (excludes halogenated alkanes) is 1. The highest BCUT2D eigenvalue weighted by atomic mass is 16.5. The number of nitrogens with one attached hydrogen (secondary N) is 1. The van der Waals surface area contributed by atoms with Crippen LogP contribution in [0.5, 0.6) is 5.75 Å². The molecule has 0 aliphatic heterocycles. The fourth-order valence-electron chi connectivity index (χ4n) is 3.17. The number of hydrogen-bond acceptors (Lipinski definition) is 3. The van der Waals surface area contributed by atoms with Crippen LogP contribution in [-0.4, -0.2) is 25.0 Å². The van der Waals surface area contributed by atoms with Crippen LogP contribution < -0.4 is 15.0 Å². The molecule has 0 heterocycles. The van der Waals surface area contributed by atoms with Crippen molar-refractivity contribution in [2.45, 2.75) is 26.7 Å². The maximum atomic E-state index is 12.9. The molecule has 31 heavy (non-hydrogen) atoms. The van der Waals surface area contributed by atoms with Crippen molar-refractivity contribution in [3.63, 3.8) is 0 Å². The first-order chi connectivity index (χ1) is 15.1. The van der Waals surface area contributed by atoms with Crippen LogP contribution in [0.2, 0.25) is 0 Å².